The molecule has 0 bridgehead atoms. The predicted octanol–water partition coefficient (Wildman–Crippen LogP) is 3.22. The fraction of sp³-hybridized carbons (Fsp3) is 0.0625. The predicted molar refractivity (Wildman–Crippen MR) is 86.7 cm³/mol. The average Bonchev–Trinajstić information content (AvgIpc) is 2.47. The first kappa shape index (κ1) is 15.4. The largest absolute Gasteiger partial charge is 0.383 e. The van der Waals surface area contributed by atoms with Crippen LogP contribution in [0.3, 0.4) is 0 Å². The third-order valence-corrected chi connectivity index (χ3v) is 3.18. The van der Waals surface area contributed by atoms with Crippen molar-refractivity contribution in [3.05, 3.63) is 54.7 Å². The molecule has 0 saturated heterocycles. The number of fused-ring (bicyclic) bond motifs is 1. The number of halogens is 1. The molecule has 2 heterocycles. The molecule has 0 aliphatic rings. The van der Waals surface area contributed by atoms with Crippen LogP contribution in [0.4, 0.5) is 16.0 Å². The first-order valence-electron chi connectivity index (χ1n) is 6.42. The molecule has 0 aliphatic carbocycles. The Morgan fingerprint density at radius 3 is 2.77 bits per heavy atom. The molecule has 0 fully saturated rings. The van der Waals surface area contributed by atoms with Crippen molar-refractivity contribution in [1.29, 1.82) is 0 Å². The minimum atomic E-state index is -0.621. The van der Waals surface area contributed by atoms with Crippen LogP contribution in [0.15, 0.2) is 49.0 Å². The van der Waals surface area contributed by atoms with Gasteiger partial charge in [-0.3, -0.25) is 4.79 Å². The van der Waals surface area contributed by atoms with E-state index in [1.54, 1.807) is 19.1 Å². The number of amides is 1. The minimum Gasteiger partial charge on any atom is -0.383 e. The normalized spacial score (nSPS) is 11.7. The van der Waals surface area contributed by atoms with Crippen LogP contribution < -0.4 is 11.1 Å². The number of nitrogens with zero attached hydrogens (tertiary/aromatic N) is 2. The highest BCUT2D eigenvalue weighted by Crippen LogP contribution is 2.30. The monoisotopic (exact) mass is 298 g/mol. The van der Waals surface area contributed by atoms with Crippen molar-refractivity contribution in [3.63, 3.8) is 0 Å². The molecule has 0 aliphatic heterocycles. The average molecular weight is 298 g/mol. The summed E-state index contributed by atoms with van der Waals surface area (Å²) in [6.07, 6.45) is 3.55. The molecule has 0 saturated carbocycles. The third-order valence-electron chi connectivity index (χ3n) is 3.18. The summed E-state index contributed by atoms with van der Waals surface area (Å²) >= 11 is 0. The lowest BCUT2D eigenvalue weighted by Crippen LogP contribution is -2.01. The van der Waals surface area contributed by atoms with Crippen LogP contribution in [0.2, 0.25) is 0 Å². The van der Waals surface area contributed by atoms with E-state index < -0.39 is 5.83 Å². The highest BCUT2D eigenvalue weighted by molar-refractivity contribution is 5.95. The molecule has 1 amide bonds. The molecule has 0 radical (unpaired) electrons. The summed E-state index contributed by atoms with van der Waals surface area (Å²) in [6, 6.07) is 3.30. The molecule has 0 aromatic carbocycles. The van der Waals surface area contributed by atoms with Gasteiger partial charge >= 0.3 is 0 Å². The summed E-state index contributed by atoms with van der Waals surface area (Å²) in [7, 11) is 0. The number of aromatic nitrogens is 2. The van der Waals surface area contributed by atoms with E-state index in [0.717, 1.165) is 0 Å². The SMILES string of the molecule is C=C/C(C)=C(\C(=C)F)c1cc2cc(NC=O)ncc2c(N)n1. The van der Waals surface area contributed by atoms with Crippen LogP contribution in [0.5, 0.6) is 0 Å². The molecular weight excluding hydrogens is 283 g/mol. The number of nitrogen functional groups attached to an aromatic ring is 1. The molecule has 2 aromatic heterocycles. The second-order valence-electron chi connectivity index (χ2n) is 4.61. The highest BCUT2D eigenvalue weighted by atomic mass is 19.1. The highest BCUT2D eigenvalue weighted by Gasteiger charge is 2.13. The zero-order valence-electron chi connectivity index (χ0n) is 12.1. The van der Waals surface area contributed by atoms with Gasteiger partial charge in [0.05, 0.1) is 5.69 Å². The zero-order chi connectivity index (χ0) is 16.3. The van der Waals surface area contributed by atoms with Crippen LogP contribution >= 0.6 is 0 Å². The quantitative estimate of drug-likeness (QED) is 0.656. The fourth-order valence-corrected chi connectivity index (χ4v) is 2.10. The fourth-order valence-electron chi connectivity index (χ4n) is 2.10. The number of hydrogen-bond acceptors (Lipinski definition) is 4. The van der Waals surface area contributed by atoms with Crippen molar-refractivity contribution >= 4 is 34.4 Å². The first-order chi connectivity index (χ1) is 10.5. The Bertz CT molecular complexity index is 811. The van der Waals surface area contributed by atoms with Crippen molar-refractivity contribution in [1.82, 2.24) is 9.97 Å². The number of carbonyl (C=O) groups is 1. The summed E-state index contributed by atoms with van der Waals surface area (Å²) in [5.74, 6) is -0.0405. The number of rotatable bonds is 5. The molecule has 0 spiro atoms. The molecule has 22 heavy (non-hydrogen) atoms. The van der Waals surface area contributed by atoms with Gasteiger partial charge in [0.2, 0.25) is 6.41 Å². The van der Waals surface area contributed by atoms with Crippen LogP contribution in [0, 0.1) is 0 Å². The first-order valence-corrected chi connectivity index (χ1v) is 6.42. The van der Waals surface area contributed by atoms with Crippen molar-refractivity contribution < 1.29 is 9.18 Å². The van der Waals surface area contributed by atoms with Gasteiger partial charge in [0.15, 0.2) is 0 Å². The van der Waals surface area contributed by atoms with Gasteiger partial charge in [0.1, 0.15) is 17.5 Å². The maximum absolute atomic E-state index is 13.8. The Morgan fingerprint density at radius 2 is 2.18 bits per heavy atom. The summed E-state index contributed by atoms with van der Waals surface area (Å²) in [5.41, 5.74) is 7.10. The summed E-state index contributed by atoms with van der Waals surface area (Å²) in [4.78, 5) is 18.7. The van der Waals surface area contributed by atoms with E-state index in [9.17, 15) is 9.18 Å². The number of anilines is 2. The van der Waals surface area contributed by atoms with Gasteiger partial charge in [0.25, 0.3) is 0 Å². The number of allylic oxidation sites excluding steroid dienone is 4. The van der Waals surface area contributed by atoms with Crippen LogP contribution in [0.1, 0.15) is 12.6 Å². The van der Waals surface area contributed by atoms with Gasteiger partial charge in [0, 0.05) is 17.2 Å². The van der Waals surface area contributed by atoms with Crippen molar-refractivity contribution in [2.45, 2.75) is 6.92 Å². The Labute approximate surface area is 127 Å². The van der Waals surface area contributed by atoms with E-state index in [4.69, 9.17) is 5.73 Å². The number of hydrogen-bond donors (Lipinski definition) is 2. The smallest absolute Gasteiger partial charge is 0.212 e. The van der Waals surface area contributed by atoms with Gasteiger partial charge in [-0.2, -0.15) is 0 Å². The van der Waals surface area contributed by atoms with Gasteiger partial charge in [-0.05, 0) is 30.0 Å². The Hall–Kier alpha value is -3.02. The van der Waals surface area contributed by atoms with Crippen molar-refractivity contribution in [2.75, 3.05) is 11.1 Å². The molecule has 2 rings (SSSR count). The Balaban J connectivity index is 2.72. The molecule has 2 aromatic rings. The third kappa shape index (κ3) is 2.85. The summed E-state index contributed by atoms with van der Waals surface area (Å²) in [6.45, 7) is 8.67. The van der Waals surface area contributed by atoms with E-state index in [1.165, 1.54) is 12.3 Å². The molecule has 6 heteroatoms. The van der Waals surface area contributed by atoms with E-state index in [-0.39, 0.29) is 11.4 Å². The molecular formula is C16H15FN4O. The maximum atomic E-state index is 13.8. The van der Waals surface area contributed by atoms with E-state index >= 15 is 0 Å². The van der Waals surface area contributed by atoms with Crippen LogP contribution in [-0.4, -0.2) is 16.4 Å². The molecule has 0 atom stereocenters. The van der Waals surface area contributed by atoms with Gasteiger partial charge in [-0.25, -0.2) is 14.4 Å². The van der Waals surface area contributed by atoms with Gasteiger partial charge < -0.3 is 11.1 Å². The summed E-state index contributed by atoms with van der Waals surface area (Å²) < 4.78 is 13.8. The zero-order valence-corrected chi connectivity index (χ0v) is 12.1. The standard InChI is InChI=1S/C16H15FN4O/c1-4-9(2)15(10(3)17)13-5-11-6-14(20-8-22)19-7-12(11)16(18)21-13/h4-8H,1,3H2,2H3,(H2,18,21)(H,19,20,22)/b15-9+. The number of nitrogens with two attached hydrogens (primary N) is 1. The second-order valence-corrected chi connectivity index (χ2v) is 4.61. The van der Waals surface area contributed by atoms with Crippen molar-refractivity contribution in [3.8, 4) is 0 Å². The molecule has 5 nitrogen and oxygen atoms in total. The Morgan fingerprint density at radius 1 is 1.45 bits per heavy atom. The maximum Gasteiger partial charge on any atom is 0.212 e. The van der Waals surface area contributed by atoms with E-state index in [0.29, 0.717) is 34.3 Å². The molecule has 3 N–H and O–H groups in total. The minimum absolute atomic E-state index is 0.216. The summed E-state index contributed by atoms with van der Waals surface area (Å²) in [5, 5.41) is 3.74. The number of carbonyl (C=O) groups excluding carboxylic acids is 1. The lowest BCUT2D eigenvalue weighted by Gasteiger charge is -2.10. The van der Waals surface area contributed by atoms with Crippen molar-refractivity contribution in [2.24, 2.45) is 0 Å². The lowest BCUT2D eigenvalue weighted by molar-refractivity contribution is -0.105. The lowest BCUT2D eigenvalue weighted by atomic mass is 10.0. The van der Waals surface area contributed by atoms with E-state index in [1.807, 2.05) is 0 Å². The van der Waals surface area contributed by atoms with Gasteiger partial charge in [-0.1, -0.05) is 19.2 Å². The number of nitrogens with one attached hydrogen (secondary N) is 1. The topological polar surface area (TPSA) is 80.9 Å². The van der Waals surface area contributed by atoms with Crippen LogP contribution in [0.25, 0.3) is 16.3 Å². The molecule has 112 valence electrons. The van der Waals surface area contributed by atoms with Gasteiger partial charge in [-0.15, -0.1) is 0 Å². The second kappa shape index (κ2) is 6.17. The molecule has 0 unspecified atom stereocenters. The van der Waals surface area contributed by atoms with Crippen LogP contribution in [-0.2, 0) is 4.79 Å². The number of pyridine rings is 2. The van der Waals surface area contributed by atoms with E-state index in [2.05, 4.69) is 28.4 Å². The Kier molecular flexibility index (Phi) is 4.31.